The molecule has 0 amide bonds. The quantitative estimate of drug-likeness (QED) is 0.505. The largest absolute Gasteiger partial charge is 0.358 e. The number of fused-ring (bicyclic) bond motifs is 1. The number of aromatic nitrogens is 6. The summed E-state index contributed by atoms with van der Waals surface area (Å²) in [7, 11) is 7.29. The van der Waals surface area contributed by atoms with Gasteiger partial charge in [0.2, 0.25) is 5.82 Å². The Morgan fingerprint density at radius 3 is 2.65 bits per heavy atom. The van der Waals surface area contributed by atoms with Gasteiger partial charge in [0.05, 0.1) is 18.8 Å². The molecule has 0 spiro atoms. The zero-order valence-corrected chi connectivity index (χ0v) is 15.2. The van der Waals surface area contributed by atoms with Crippen LogP contribution in [0.1, 0.15) is 6.42 Å². The summed E-state index contributed by atoms with van der Waals surface area (Å²) < 4.78 is 4.69. The summed E-state index contributed by atoms with van der Waals surface area (Å²) >= 11 is 0. The minimum absolute atomic E-state index is 0.131. The minimum Gasteiger partial charge on any atom is -0.358 e. The van der Waals surface area contributed by atoms with Gasteiger partial charge in [-0.1, -0.05) is 0 Å². The Balaban J connectivity index is 2.12. The third-order valence-corrected chi connectivity index (χ3v) is 4.23. The molecular weight excluding hydrogens is 338 g/mol. The van der Waals surface area contributed by atoms with Gasteiger partial charge in [0.25, 0.3) is 0 Å². The van der Waals surface area contributed by atoms with Crippen molar-refractivity contribution < 1.29 is 4.92 Å². The minimum atomic E-state index is -0.497. The number of rotatable bonds is 6. The van der Waals surface area contributed by atoms with E-state index >= 15 is 0 Å². The summed E-state index contributed by atoms with van der Waals surface area (Å²) in [5.74, 6) is 0.205. The van der Waals surface area contributed by atoms with Crippen LogP contribution in [0.2, 0.25) is 0 Å². The first-order valence-electron chi connectivity index (χ1n) is 8.09. The maximum absolute atomic E-state index is 11.1. The van der Waals surface area contributed by atoms with E-state index in [1.165, 1.54) is 10.8 Å². The highest BCUT2D eigenvalue weighted by Gasteiger charge is 2.24. The van der Waals surface area contributed by atoms with Crippen LogP contribution in [0.5, 0.6) is 0 Å². The fourth-order valence-corrected chi connectivity index (χ4v) is 2.88. The zero-order valence-electron chi connectivity index (χ0n) is 15.2. The van der Waals surface area contributed by atoms with Gasteiger partial charge in [-0.2, -0.15) is 5.10 Å². The monoisotopic (exact) mass is 359 g/mol. The summed E-state index contributed by atoms with van der Waals surface area (Å²) in [5.41, 5.74) is 1.22. The van der Waals surface area contributed by atoms with E-state index in [0.29, 0.717) is 29.1 Å². The van der Waals surface area contributed by atoms with E-state index in [2.05, 4.69) is 20.0 Å². The molecule has 1 N–H and O–H groups in total. The van der Waals surface area contributed by atoms with E-state index < -0.39 is 4.92 Å². The molecule has 0 bridgehead atoms. The van der Waals surface area contributed by atoms with Crippen molar-refractivity contribution >= 4 is 16.9 Å². The molecule has 0 aliphatic heterocycles. The molecule has 0 saturated carbocycles. The molecule has 0 aromatic carbocycles. The smallest absolute Gasteiger partial charge is 0.342 e. The van der Waals surface area contributed by atoms with Crippen molar-refractivity contribution in [3.63, 3.8) is 0 Å². The van der Waals surface area contributed by atoms with Crippen molar-refractivity contribution in [3.8, 4) is 11.5 Å². The molecule has 3 heterocycles. The molecule has 0 unspecified atom stereocenters. The van der Waals surface area contributed by atoms with E-state index in [1.807, 2.05) is 14.1 Å². The molecular formula is C15H21N9O2. The van der Waals surface area contributed by atoms with Crippen molar-refractivity contribution in [1.82, 2.24) is 33.8 Å². The van der Waals surface area contributed by atoms with Gasteiger partial charge in [-0.3, -0.25) is 5.41 Å². The molecule has 0 radical (unpaired) electrons. The Hall–Kier alpha value is -3.08. The summed E-state index contributed by atoms with van der Waals surface area (Å²) in [6.07, 6.45) is 3.70. The average Bonchev–Trinajstić information content (AvgIpc) is 3.10. The standard InChI is InChI=1S/C15H21N9O2/c1-20(2)6-5-7-23-9-18-14-11(13(23)16)12(19-22(14)4)15-17-8-10(21(15)3)24(25)26/h8-9,16H,5-7H2,1-4H3. The molecule has 0 fully saturated rings. The fraction of sp³-hybridized carbons (Fsp3) is 0.467. The molecule has 11 heteroatoms. The summed E-state index contributed by atoms with van der Waals surface area (Å²) in [6.45, 7) is 1.55. The molecule has 0 aliphatic carbocycles. The van der Waals surface area contributed by atoms with Crippen LogP contribution >= 0.6 is 0 Å². The van der Waals surface area contributed by atoms with Crippen molar-refractivity contribution in [2.45, 2.75) is 13.0 Å². The summed E-state index contributed by atoms with van der Waals surface area (Å²) in [6, 6.07) is 0. The third-order valence-electron chi connectivity index (χ3n) is 4.23. The van der Waals surface area contributed by atoms with Crippen LogP contribution in [-0.2, 0) is 20.6 Å². The zero-order chi connectivity index (χ0) is 19.0. The van der Waals surface area contributed by atoms with Crippen LogP contribution in [-0.4, -0.2) is 59.3 Å². The van der Waals surface area contributed by atoms with Crippen molar-refractivity contribution in [3.05, 3.63) is 28.1 Å². The van der Waals surface area contributed by atoms with Gasteiger partial charge in [0.15, 0.2) is 11.3 Å². The lowest BCUT2D eigenvalue weighted by Crippen LogP contribution is -2.23. The highest BCUT2D eigenvalue weighted by atomic mass is 16.6. The molecule has 138 valence electrons. The van der Waals surface area contributed by atoms with Crippen LogP contribution in [0, 0.1) is 15.5 Å². The van der Waals surface area contributed by atoms with Crippen molar-refractivity contribution in [2.24, 2.45) is 14.1 Å². The fourth-order valence-electron chi connectivity index (χ4n) is 2.88. The SMILES string of the molecule is CN(C)CCCn1cnc2c(c(-c3ncc([N+](=O)[O-])n3C)nn2C)c1=N. The number of nitro groups is 1. The first kappa shape index (κ1) is 17.7. The first-order valence-corrected chi connectivity index (χ1v) is 8.09. The summed E-state index contributed by atoms with van der Waals surface area (Å²) in [4.78, 5) is 21.2. The molecule has 3 rings (SSSR count). The number of hydrogen-bond donors (Lipinski definition) is 1. The Kier molecular flexibility index (Phi) is 4.55. The second-order valence-electron chi connectivity index (χ2n) is 6.37. The number of imidazole rings is 1. The first-order chi connectivity index (χ1) is 12.3. The second-order valence-corrected chi connectivity index (χ2v) is 6.37. The predicted molar refractivity (Wildman–Crippen MR) is 94.4 cm³/mol. The van der Waals surface area contributed by atoms with Crippen LogP contribution < -0.4 is 5.49 Å². The molecule has 0 atom stereocenters. The van der Waals surface area contributed by atoms with E-state index in [4.69, 9.17) is 5.41 Å². The molecule has 3 aromatic heterocycles. The Labute approximate surface area is 149 Å². The summed E-state index contributed by atoms with van der Waals surface area (Å²) in [5, 5.41) is 24.6. The predicted octanol–water partition coefficient (Wildman–Crippen LogP) is 0.510. The number of nitrogens with zero attached hydrogens (tertiary/aromatic N) is 8. The lowest BCUT2D eigenvalue weighted by Gasteiger charge is -2.11. The molecule has 0 aliphatic rings. The van der Waals surface area contributed by atoms with Gasteiger partial charge in [0, 0.05) is 13.6 Å². The van der Waals surface area contributed by atoms with E-state index in [0.717, 1.165) is 13.0 Å². The second kappa shape index (κ2) is 6.67. The third kappa shape index (κ3) is 2.96. The topological polar surface area (TPSA) is 124 Å². The maximum atomic E-state index is 11.1. The molecule has 11 nitrogen and oxygen atoms in total. The average molecular weight is 359 g/mol. The Bertz CT molecular complexity index is 1030. The number of hydrogen-bond acceptors (Lipinski definition) is 7. The molecule has 3 aromatic rings. The molecule has 0 saturated heterocycles. The van der Waals surface area contributed by atoms with Crippen molar-refractivity contribution in [1.29, 1.82) is 5.41 Å². The Morgan fingerprint density at radius 2 is 2.04 bits per heavy atom. The van der Waals surface area contributed by atoms with Gasteiger partial charge in [0.1, 0.15) is 11.7 Å². The molecule has 26 heavy (non-hydrogen) atoms. The number of nitrogens with one attached hydrogen (secondary N) is 1. The van der Waals surface area contributed by atoms with E-state index in [-0.39, 0.29) is 11.3 Å². The lowest BCUT2D eigenvalue weighted by molar-refractivity contribution is -0.391. The lowest BCUT2D eigenvalue weighted by atomic mass is 10.2. The number of aryl methyl sites for hydroxylation is 2. The van der Waals surface area contributed by atoms with Gasteiger partial charge >= 0.3 is 5.82 Å². The van der Waals surface area contributed by atoms with E-state index in [9.17, 15) is 10.1 Å². The normalized spacial score (nSPS) is 11.6. The Morgan fingerprint density at radius 1 is 1.31 bits per heavy atom. The van der Waals surface area contributed by atoms with Gasteiger partial charge < -0.3 is 19.6 Å². The highest BCUT2D eigenvalue weighted by molar-refractivity contribution is 5.88. The van der Waals surface area contributed by atoms with Crippen LogP contribution in [0.4, 0.5) is 5.82 Å². The maximum Gasteiger partial charge on any atom is 0.342 e. The van der Waals surface area contributed by atoms with Gasteiger partial charge in [-0.15, -0.1) is 0 Å². The van der Waals surface area contributed by atoms with Crippen LogP contribution in [0.3, 0.4) is 0 Å². The highest BCUT2D eigenvalue weighted by Crippen LogP contribution is 2.25. The van der Waals surface area contributed by atoms with Gasteiger partial charge in [-0.25, -0.2) is 19.2 Å². The van der Waals surface area contributed by atoms with Crippen molar-refractivity contribution in [2.75, 3.05) is 20.6 Å². The van der Waals surface area contributed by atoms with E-state index in [1.54, 1.807) is 29.7 Å². The van der Waals surface area contributed by atoms with Gasteiger partial charge in [-0.05, 0) is 32.0 Å². The van der Waals surface area contributed by atoms with Crippen LogP contribution in [0.25, 0.3) is 22.6 Å². The van der Waals surface area contributed by atoms with Crippen LogP contribution in [0.15, 0.2) is 12.5 Å².